The molecular formula is C38H38B2N8OPtS2. The molecule has 0 atom stereocenters. The number of ether oxygens (including phenoxy) is 1. The van der Waals surface area contributed by atoms with Gasteiger partial charge in [-0.3, -0.25) is 0 Å². The maximum Gasteiger partial charge on any atom is 2.00 e. The monoisotopic (exact) mass is 903 g/mol. The first-order chi connectivity index (χ1) is 24.5. The molecule has 0 amide bonds. The van der Waals surface area contributed by atoms with Crippen molar-refractivity contribution in [2.24, 2.45) is 0 Å². The van der Waals surface area contributed by atoms with Crippen molar-refractivity contribution in [1.82, 2.24) is 29.6 Å². The normalized spacial score (nSPS) is 14.6. The number of aryl methyl sites for hydroxylation is 6. The zero-order valence-corrected chi connectivity index (χ0v) is 34.8. The Morgan fingerprint density at radius 2 is 0.942 bits per heavy atom. The second-order valence-corrected chi connectivity index (χ2v) is 15.7. The Bertz CT molecular complexity index is 2270. The third-order valence-electron chi connectivity index (χ3n) is 10.5. The molecule has 2 aliphatic rings. The fourth-order valence-electron chi connectivity index (χ4n) is 7.30. The molecule has 9 nitrogen and oxygen atoms in total. The number of allylic oxidation sites excluding steroid dienone is 2. The first-order valence-electron chi connectivity index (χ1n) is 17.0. The van der Waals surface area contributed by atoms with Crippen LogP contribution in [0.15, 0.2) is 72.2 Å². The van der Waals surface area contributed by atoms with Crippen LogP contribution in [0, 0.1) is 41.5 Å². The summed E-state index contributed by atoms with van der Waals surface area (Å²) in [5.74, 6) is 1.06. The Labute approximate surface area is 328 Å². The molecule has 4 aromatic heterocycles. The molecule has 0 unspecified atom stereocenters. The van der Waals surface area contributed by atoms with Crippen LogP contribution in [0.3, 0.4) is 0 Å². The summed E-state index contributed by atoms with van der Waals surface area (Å²) in [7, 11) is 4.07. The van der Waals surface area contributed by atoms with E-state index in [2.05, 4.69) is 87.6 Å². The molecule has 0 bridgehead atoms. The predicted octanol–water partition coefficient (Wildman–Crippen LogP) is 8.00. The molecule has 2 aromatic carbocycles. The van der Waals surface area contributed by atoms with Gasteiger partial charge in [-0.1, -0.05) is 36.4 Å². The van der Waals surface area contributed by atoms with Crippen molar-refractivity contribution in [3.63, 3.8) is 0 Å². The molecule has 8 rings (SSSR count). The van der Waals surface area contributed by atoms with Crippen molar-refractivity contribution in [2.45, 2.75) is 55.4 Å². The molecular weight excluding hydrogens is 865 g/mol. The van der Waals surface area contributed by atoms with Crippen LogP contribution in [-0.4, -0.2) is 57.6 Å². The average Bonchev–Trinajstić information content (AvgIpc) is 3.79. The zero-order chi connectivity index (χ0) is 35.9. The first-order valence-corrected chi connectivity index (χ1v) is 18.7. The molecule has 264 valence electrons. The van der Waals surface area contributed by atoms with Gasteiger partial charge in [0.1, 0.15) is 12.7 Å². The zero-order valence-electron chi connectivity index (χ0n) is 30.9. The average molecular weight is 904 g/mol. The summed E-state index contributed by atoms with van der Waals surface area (Å²) in [4.78, 5) is 25.8. The molecule has 0 saturated heterocycles. The topological polar surface area (TPSA) is 95.5 Å². The molecule has 52 heavy (non-hydrogen) atoms. The van der Waals surface area contributed by atoms with Crippen LogP contribution in [0.5, 0.6) is 0 Å². The van der Waals surface area contributed by atoms with Crippen LogP contribution in [0.25, 0.3) is 51.8 Å². The van der Waals surface area contributed by atoms with E-state index in [-0.39, 0.29) is 35.0 Å². The maximum atomic E-state index is 6.59. The number of hydrogen-bond donors (Lipinski definition) is 0. The number of nitrogens with zero attached hydrogens (tertiary/aromatic N) is 8. The summed E-state index contributed by atoms with van der Waals surface area (Å²) in [6.45, 7) is 16.3. The van der Waals surface area contributed by atoms with Gasteiger partial charge in [-0.05, 0) is 114 Å². The van der Waals surface area contributed by atoms with Crippen LogP contribution in [0.2, 0.25) is 0 Å². The minimum Gasteiger partial charge on any atom is -0.651 e. The second kappa shape index (κ2) is 13.7. The molecule has 0 N–H and O–H groups in total. The first kappa shape index (κ1) is 36.2. The predicted molar refractivity (Wildman–Crippen MR) is 214 cm³/mol. The van der Waals surface area contributed by atoms with Crippen molar-refractivity contribution in [1.29, 1.82) is 0 Å². The van der Waals surface area contributed by atoms with E-state index in [1.807, 2.05) is 27.9 Å². The van der Waals surface area contributed by atoms with Crippen LogP contribution in [0.1, 0.15) is 47.2 Å². The summed E-state index contributed by atoms with van der Waals surface area (Å²) in [6.07, 6.45) is 3.31. The Hall–Kier alpha value is -4.18. The number of fused-ring (bicyclic) bond motifs is 2. The van der Waals surface area contributed by atoms with Crippen LogP contribution in [-0.2, 0) is 25.8 Å². The minimum absolute atomic E-state index is 0. The van der Waals surface area contributed by atoms with E-state index in [9.17, 15) is 0 Å². The fraction of sp³-hybridized carbons (Fsp3) is 0.263. The van der Waals surface area contributed by atoms with Gasteiger partial charge >= 0.3 is 21.1 Å². The smallest absolute Gasteiger partial charge is 0.651 e. The van der Waals surface area contributed by atoms with E-state index in [0.717, 1.165) is 43.0 Å². The van der Waals surface area contributed by atoms with Gasteiger partial charge in [-0.2, -0.15) is 0 Å². The van der Waals surface area contributed by atoms with Crippen molar-refractivity contribution in [3.05, 3.63) is 116 Å². The molecule has 6 aromatic rings. The quantitative estimate of drug-likeness (QED) is 0.157. The minimum atomic E-state index is -0.357. The Kier molecular flexibility index (Phi) is 9.51. The molecule has 2 aliphatic heterocycles. The summed E-state index contributed by atoms with van der Waals surface area (Å²) in [5.41, 5.74) is 15.4. The van der Waals surface area contributed by atoms with Crippen LogP contribution in [0.4, 0.5) is 0 Å². The molecule has 0 aliphatic carbocycles. The maximum absolute atomic E-state index is 6.59. The summed E-state index contributed by atoms with van der Waals surface area (Å²) in [6, 6.07) is 12.9. The number of hydrogen-bond acceptors (Lipinski definition) is 9. The molecule has 14 heteroatoms. The van der Waals surface area contributed by atoms with E-state index in [4.69, 9.17) is 35.1 Å². The summed E-state index contributed by atoms with van der Waals surface area (Å²) >= 11 is 3.48. The van der Waals surface area contributed by atoms with Gasteiger partial charge in [0.05, 0.1) is 20.4 Å². The largest absolute Gasteiger partial charge is 2.00 e. The van der Waals surface area contributed by atoms with E-state index >= 15 is 0 Å². The van der Waals surface area contributed by atoms with Crippen molar-refractivity contribution in [3.8, 4) is 20.9 Å². The molecule has 0 fully saturated rings. The van der Waals surface area contributed by atoms with Crippen molar-refractivity contribution >= 4 is 68.3 Å². The Morgan fingerprint density at radius 1 is 0.577 bits per heavy atom. The summed E-state index contributed by atoms with van der Waals surface area (Å²) in [5, 5.41) is 10.2. The molecule has 0 radical (unpaired) electrons. The number of thiophene rings is 2. The fourth-order valence-corrected chi connectivity index (χ4v) is 10.2. The Balaban J connectivity index is 0.00000420. The van der Waals surface area contributed by atoms with Crippen molar-refractivity contribution < 1.29 is 25.8 Å². The van der Waals surface area contributed by atoms with Gasteiger partial charge in [0.25, 0.3) is 0 Å². The molecule has 6 heterocycles. The van der Waals surface area contributed by atoms with Gasteiger partial charge in [0, 0.05) is 44.1 Å². The molecule has 0 saturated carbocycles. The van der Waals surface area contributed by atoms with Crippen LogP contribution >= 0.6 is 22.7 Å². The summed E-state index contributed by atoms with van der Waals surface area (Å²) < 4.78 is 8.67. The van der Waals surface area contributed by atoms with E-state index in [0.29, 0.717) is 11.8 Å². The van der Waals surface area contributed by atoms with Crippen molar-refractivity contribution in [2.75, 3.05) is 14.1 Å². The third kappa shape index (κ3) is 5.63. The third-order valence-corrected chi connectivity index (χ3v) is 13.1. The van der Waals surface area contributed by atoms with Gasteiger partial charge in [0.2, 0.25) is 14.0 Å². The second-order valence-electron chi connectivity index (χ2n) is 13.6. The van der Waals surface area contributed by atoms with Gasteiger partial charge in [-0.15, -0.1) is 22.7 Å². The molecule has 0 spiro atoms. The van der Waals surface area contributed by atoms with Gasteiger partial charge in [0.15, 0.2) is 0 Å². The van der Waals surface area contributed by atoms with Gasteiger partial charge < -0.3 is 24.8 Å². The van der Waals surface area contributed by atoms with E-state index in [1.54, 1.807) is 35.3 Å². The number of rotatable bonds is 6. The number of benzene rings is 2. The number of aromatic nitrogens is 4. The van der Waals surface area contributed by atoms with E-state index in [1.165, 1.54) is 54.3 Å². The van der Waals surface area contributed by atoms with Crippen LogP contribution < -0.4 is 11.2 Å². The SMILES string of the molecule is CC1=C(OC2=C(C)N(C)B(c3ncnc4c(C)c(-c5c(C)cccc5C)sc34)[N-]2)[N-]B(c2ncnc3c(C)c(-c4c(C)cccc4C)sc23)N1C.[Pt+2]. The van der Waals surface area contributed by atoms with E-state index < -0.39 is 0 Å². The Morgan fingerprint density at radius 3 is 1.31 bits per heavy atom. The van der Waals surface area contributed by atoms with Gasteiger partial charge in [-0.25, -0.2) is 19.9 Å². The standard InChI is InChI=1S/C38H38B2N8OS2.Pt/c1-19-13-11-14-20(2)27(19)31-23(5)29-33(50-31)35(43-17-41-29)39-45-37(25(7)47(39)9)49-38-26(8)48(10)40(46-38)36-34-30(42-18-44-36)24(6)32(51-34)28-21(3)15-12-16-22(28)4;/h11-18H,1-10H3;/q-2;+2.